The van der Waals surface area contributed by atoms with Gasteiger partial charge in [-0.25, -0.2) is 0 Å². The van der Waals surface area contributed by atoms with Crippen LogP contribution in [0.5, 0.6) is 0 Å². The van der Waals surface area contributed by atoms with Crippen molar-refractivity contribution in [1.82, 2.24) is 0 Å². The number of rotatable bonds is 8. The molecule has 6 nitrogen and oxygen atoms in total. The first kappa shape index (κ1) is 14.3. The minimum Gasteiger partial charge on any atom is -0.481 e. The first-order valence-electron chi connectivity index (χ1n) is 4.78. The maximum Gasteiger partial charge on any atom is 0.303 e. The zero-order valence-corrected chi connectivity index (χ0v) is 8.92. The van der Waals surface area contributed by atoms with E-state index in [9.17, 15) is 4.79 Å². The van der Waals surface area contributed by atoms with Gasteiger partial charge in [0, 0.05) is 6.42 Å². The van der Waals surface area contributed by atoms with Crippen LogP contribution in [0, 0.1) is 0 Å². The quantitative estimate of drug-likeness (QED) is 0.393. The molecule has 6 heteroatoms. The molecule has 0 radical (unpaired) electrons. The molecule has 2 atom stereocenters. The highest BCUT2D eigenvalue weighted by molar-refractivity contribution is 5.66. The van der Waals surface area contributed by atoms with Crippen LogP contribution in [0.1, 0.15) is 26.7 Å². The molecular formula is C9H18O6. The van der Waals surface area contributed by atoms with E-state index in [1.807, 2.05) is 0 Å². The summed E-state index contributed by atoms with van der Waals surface area (Å²) >= 11 is 0. The molecule has 0 fully saturated rings. The van der Waals surface area contributed by atoms with Crippen molar-refractivity contribution in [3.63, 3.8) is 0 Å². The van der Waals surface area contributed by atoms with Crippen LogP contribution in [0.2, 0.25) is 0 Å². The third-order valence-corrected chi connectivity index (χ3v) is 1.71. The van der Waals surface area contributed by atoms with Crippen LogP contribution in [-0.2, 0) is 14.3 Å². The van der Waals surface area contributed by atoms with E-state index in [1.54, 1.807) is 6.92 Å². The van der Waals surface area contributed by atoms with Crippen LogP contribution in [0.25, 0.3) is 0 Å². The predicted octanol–water partition coefficient (Wildman–Crippen LogP) is -0.0704. The van der Waals surface area contributed by atoms with Crippen LogP contribution in [0.15, 0.2) is 0 Å². The van der Waals surface area contributed by atoms with Crippen molar-refractivity contribution in [2.75, 3.05) is 6.61 Å². The Morgan fingerprint density at radius 1 is 1.33 bits per heavy atom. The van der Waals surface area contributed by atoms with Crippen molar-refractivity contribution in [2.24, 2.45) is 0 Å². The molecule has 15 heavy (non-hydrogen) atoms. The SMILES string of the molecule is CC(O[C@H](C)OCCCC(=O)O)C(O)O. The summed E-state index contributed by atoms with van der Waals surface area (Å²) in [5.74, 6) is -0.869. The van der Waals surface area contributed by atoms with E-state index in [-0.39, 0.29) is 13.0 Å². The lowest BCUT2D eigenvalue weighted by Crippen LogP contribution is -2.30. The summed E-state index contributed by atoms with van der Waals surface area (Å²) in [5, 5.41) is 25.8. The van der Waals surface area contributed by atoms with Crippen molar-refractivity contribution in [3.05, 3.63) is 0 Å². The Morgan fingerprint density at radius 3 is 2.40 bits per heavy atom. The second-order valence-electron chi connectivity index (χ2n) is 3.19. The number of carboxylic acid groups (broad SMARTS) is 1. The van der Waals surface area contributed by atoms with Crippen LogP contribution >= 0.6 is 0 Å². The molecular weight excluding hydrogens is 204 g/mol. The standard InChI is InChI=1S/C9H18O6/c1-6(9(12)13)15-7(2)14-5-3-4-8(10)11/h6-7,9,12-13H,3-5H2,1-2H3,(H,10,11)/t6?,7-/m1/s1. The lowest BCUT2D eigenvalue weighted by Gasteiger charge is -2.20. The maximum absolute atomic E-state index is 10.2. The number of carbonyl (C=O) groups is 1. The fourth-order valence-electron chi connectivity index (χ4n) is 0.885. The second-order valence-corrected chi connectivity index (χ2v) is 3.19. The zero-order chi connectivity index (χ0) is 11.8. The van der Waals surface area contributed by atoms with Gasteiger partial charge in [0.05, 0.1) is 6.61 Å². The molecule has 0 aromatic heterocycles. The molecule has 0 aliphatic carbocycles. The molecule has 1 unspecified atom stereocenters. The Bertz CT molecular complexity index is 181. The Hall–Kier alpha value is -0.690. The molecule has 0 amide bonds. The molecule has 0 saturated carbocycles. The highest BCUT2D eigenvalue weighted by Gasteiger charge is 2.14. The summed E-state index contributed by atoms with van der Waals surface area (Å²) < 4.78 is 10.2. The van der Waals surface area contributed by atoms with Gasteiger partial charge < -0.3 is 24.8 Å². The fraction of sp³-hybridized carbons (Fsp3) is 0.889. The van der Waals surface area contributed by atoms with Gasteiger partial charge in [-0.05, 0) is 20.3 Å². The zero-order valence-electron chi connectivity index (χ0n) is 8.92. The van der Waals surface area contributed by atoms with E-state index >= 15 is 0 Å². The van der Waals surface area contributed by atoms with Crippen LogP contribution in [0.4, 0.5) is 0 Å². The molecule has 0 rings (SSSR count). The Morgan fingerprint density at radius 2 is 1.93 bits per heavy atom. The number of hydrogen-bond acceptors (Lipinski definition) is 5. The minimum absolute atomic E-state index is 0.0465. The highest BCUT2D eigenvalue weighted by Crippen LogP contribution is 2.03. The van der Waals surface area contributed by atoms with Gasteiger partial charge in [0.25, 0.3) is 0 Å². The van der Waals surface area contributed by atoms with Gasteiger partial charge in [0.2, 0.25) is 0 Å². The average Bonchev–Trinajstić information content (AvgIpc) is 2.12. The van der Waals surface area contributed by atoms with E-state index < -0.39 is 24.7 Å². The van der Waals surface area contributed by atoms with Crippen LogP contribution in [0.3, 0.4) is 0 Å². The monoisotopic (exact) mass is 222 g/mol. The van der Waals surface area contributed by atoms with Gasteiger partial charge in [0.1, 0.15) is 6.10 Å². The molecule has 0 saturated heterocycles. The van der Waals surface area contributed by atoms with Crippen molar-refractivity contribution in [2.45, 2.75) is 45.4 Å². The summed E-state index contributed by atoms with van der Waals surface area (Å²) in [6, 6.07) is 0. The van der Waals surface area contributed by atoms with Crippen LogP contribution < -0.4 is 0 Å². The molecule has 90 valence electrons. The van der Waals surface area contributed by atoms with Gasteiger partial charge in [-0.1, -0.05) is 0 Å². The molecule has 0 aliphatic rings. The van der Waals surface area contributed by atoms with Gasteiger partial charge in [-0.2, -0.15) is 0 Å². The smallest absolute Gasteiger partial charge is 0.303 e. The molecule has 3 N–H and O–H groups in total. The Balaban J connectivity index is 3.48. The first-order valence-corrected chi connectivity index (χ1v) is 4.78. The number of aliphatic carboxylic acids is 1. The molecule has 0 bridgehead atoms. The maximum atomic E-state index is 10.2. The lowest BCUT2D eigenvalue weighted by molar-refractivity contribution is -0.215. The van der Waals surface area contributed by atoms with E-state index in [1.165, 1.54) is 6.92 Å². The summed E-state index contributed by atoms with van der Waals surface area (Å²) in [7, 11) is 0. The van der Waals surface area contributed by atoms with Crippen LogP contribution in [-0.4, -0.2) is 46.6 Å². The third kappa shape index (κ3) is 8.31. The van der Waals surface area contributed by atoms with E-state index in [0.717, 1.165) is 0 Å². The molecule has 0 heterocycles. The Labute approximate surface area is 88.4 Å². The molecule has 0 aliphatic heterocycles. The molecule has 0 spiro atoms. The minimum atomic E-state index is -1.55. The second kappa shape index (κ2) is 7.58. The number of ether oxygens (including phenoxy) is 2. The van der Waals surface area contributed by atoms with E-state index in [2.05, 4.69) is 0 Å². The third-order valence-electron chi connectivity index (χ3n) is 1.71. The number of aliphatic hydroxyl groups excluding tert-OH is 1. The Kier molecular flexibility index (Phi) is 7.23. The fourth-order valence-corrected chi connectivity index (χ4v) is 0.885. The van der Waals surface area contributed by atoms with Crippen molar-refractivity contribution >= 4 is 5.97 Å². The van der Waals surface area contributed by atoms with Crippen molar-refractivity contribution in [1.29, 1.82) is 0 Å². The summed E-state index contributed by atoms with van der Waals surface area (Å²) in [4.78, 5) is 10.2. The van der Waals surface area contributed by atoms with Gasteiger partial charge in [-0.15, -0.1) is 0 Å². The van der Waals surface area contributed by atoms with Gasteiger partial charge in [0.15, 0.2) is 12.6 Å². The summed E-state index contributed by atoms with van der Waals surface area (Å²) in [5.41, 5.74) is 0. The van der Waals surface area contributed by atoms with Crippen molar-refractivity contribution in [3.8, 4) is 0 Å². The van der Waals surface area contributed by atoms with Gasteiger partial charge >= 0.3 is 5.97 Å². The summed E-state index contributed by atoms with van der Waals surface area (Å²) in [6.07, 6.45) is -2.42. The number of carboxylic acids is 1. The van der Waals surface area contributed by atoms with Crippen molar-refractivity contribution < 1.29 is 29.6 Å². The summed E-state index contributed by atoms with van der Waals surface area (Å²) in [6.45, 7) is 3.38. The molecule has 0 aromatic rings. The van der Waals surface area contributed by atoms with E-state index in [4.69, 9.17) is 24.8 Å². The van der Waals surface area contributed by atoms with Gasteiger partial charge in [-0.3, -0.25) is 4.79 Å². The van der Waals surface area contributed by atoms with E-state index in [0.29, 0.717) is 6.42 Å². The number of aliphatic hydroxyl groups is 2. The average molecular weight is 222 g/mol. The predicted molar refractivity (Wildman–Crippen MR) is 51.1 cm³/mol. The molecule has 0 aromatic carbocycles. The highest BCUT2D eigenvalue weighted by atomic mass is 16.7. The lowest BCUT2D eigenvalue weighted by atomic mass is 10.3. The number of hydrogen-bond donors (Lipinski definition) is 3. The first-order chi connectivity index (χ1) is 6.93. The topological polar surface area (TPSA) is 96.2 Å². The largest absolute Gasteiger partial charge is 0.481 e. The normalized spacial score (nSPS) is 15.3.